The fraction of sp³-hybridized carbons (Fsp3) is 0.250. The second-order valence-electron chi connectivity index (χ2n) is 18.2. The maximum atomic E-state index is 14.2. The van der Waals surface area contributed by atoms with Gasteiger partial charge in [0, 0.05) is 43.8 Å². The van der Waals surface area contributed by atoms with Crippen LogP contribution in [0.2, 0.25) is 0 Å². The third-order valence-corrected chi connectivity index (χ3v) is 14.2. The Kier molecular flexibility index (Phi) is 15.2. The number of carbonyl (C=O) groups excluding carboxylic acids is 5. The van der Waals surface area contributed by atoms with E-state index in [1.807, 2.05) is 91.0 Å². The first-order valence-corrected chi connectivity index (χ1v) is 25.6. The molecule has 8 rings (SSSR count). The summed E-state index contributed by atoms with van der Waals surface area (Å²) in [5.74, 6) is -2.94. The van der Waals surface area contributed by atoms with Crippen LogP contribution in [-0.4, -0.2) is 86.7 Å². The summed E-state index contributed by atoms with van der Waals surface area (Å²) in [7, 11) is 1.28. The van der Waals surface area contributed by atoms with Gasteiger partial charge in [0.15, 0.2) is 33.3 Å². The van der Waals surface area contributed by atoms with E-state index >= 15 is 0 Å². The third kappa shape index (κ3) is 11.3. The van der Waals surface area contributed by atoms with Gasteiger partial charge in [-0.15, -0.1) is 34.4 Å². The zero-order valence-corrected chi connectivity index (χ0v) is 43.5. The number of thioether (sulfide) groups is 1. The summed E-state index contributed by atoms with van der Waals surface area (Å²) in [6.07, 6.45) is -2.24. The number of nitrogens with zero attached hydrogens (tertiary/aromatic N) is 3. The normalized spacial score (nSPS) is 15.8. The molecular formula is C52H47N5O12S4. The van der Waals surface area contributed by atoms with Crippen LogP contribution in [0.3, 0.4) is 0 Å². The van der Waals surface area contributed by atoms with E-state index in [-0.39, 0.29) is 54.9 Å². The molecule has 4 aromatic carbocycles. The maximum Gasteiger partial charge on any atom is 0.514 e. The lowest BCUT2D eigenvalue weighted by Crippen LogP contribution is -2.71. The third-order valence-electron chi connectivity index (χ3n) is 10.9. The number of nitrogens with one attached hydrogen (secondary N) is 2. The first-order chi connectivity index (χ1) is 34.8. The van der Waals surface area contributed by atoms with Crippen molar-refractivity contribution in [2.45, 2.75) is 69.7 Å². The van der Waals surface area contributed by atoms with Gasteiger partial charge < -0.3 is 39.2 Å². The molecule has 21 heteroatoms. The number of anilines is 1. The number of fused-ring (bicyclic) bond motifs is 2. The Labute approximate surface area is 436 Å². The Morgan fingerprint density at radius 1 is 0.795 bits per heavy atom. The minimum atomic E-state index is -1.15. The van der Waals surface area contributed by atoms with E-state index in [4.69, 9.17) is 45.7 Å². The standard InChI is InChI=1S/C52H47N5O12S4/c1-50(2,3)68-48(62)66-36-23-32-35(58)24-38(73-39(32)25-37(36)67-49(63)69-51(4,5)6)33-26-71-45-41(44(60)57(45)42(33)46(61)65-28-70)54-43(59)40(56-64-7)34-27-72-47(53-34)55-52(29-17-11-8-12-18-29,30-19-13-9-14-20-30)31-21-15-10-16-22-31/h8-25,27-28,41,45H,26H2,1-7H3,(H,53,55)(H,54,59)/t41?,45-/m0/s1. The summed E-state index contributed by atoms with van der Waals surface area (Å²) < 4.78 is 27.0. The molecule has 2 atom stereocenters. The van der Waals surface area contributed by atoms with Crippen LogP contribution in [0.15, 0.2) is 130 Å². The van der Waals surface area contributed by atoms with Crippen molar-refractivity contribution in [3.05, 3.63) is 158 Å². The summed E-state index contributed by atoms with van der Waals surface area (Å²) in [5.41, 5.74) is 0.176. The number of esters is 1. The van der Waals surface area contributed by atoms with Gasteiger partial charge >= 0.3 is 18.3 Å². The number of carbonyl (C=O) groups is 5. The molecule has 0 spiro atoms. The van der Waals surface area contributed by atoms with E-state index in [2.05, 4.69) is 15.8 Å². The van der Waals surface area contributed by atoms with Crippen LogP contribution >= 0.6 is 46.7 Å². The molecule has 2 aromatic heterocycles. The number of thiazole rings is 1. The largest absolute Gasteiger partial charge is 0.514 e. The number of ether oxygens (including phenoxy) is 5. The van der Waals surface area contributed by atoms with Crippen LogP contribution in [0, 0.1) is 0 Å². The van der Waals surface area contributed by atoms with Gasteiger partial charge in [-0.3, -0.25) is 19.3 Å². The molecule has 0 bridgehead atoms. The Bertz CT molecular complexity index is 3140. The van der Waals surface area contributed by atoms with Gasteiger partial charge in [0.1, 0.15) is 46.7 Å². The number of hydrogen-bond acceptors (Lipinski definition) is 19. The van der Waals surface area contributed by atoms with Crippen LogP contribution in [0.5, 0.6) is 11.5 Å². The van der Waals surface area contributed by atoms with Gasteiger partial charge in [0.2, 0.25) is 0 Å². The van der Waals surface area contributed by atoms with E-state index in [0.717, 1.165) is 33.6 Å². The molecule has 2 aliphatic heterocycles. The topological polar surface area (TPSA) is 210 Å². The number of benzene rings is 4. The molecular weight excluding hydrogens is 1010 g/mol. The summed E-state index contributed by atoms with van der Waals surface area (Å²) in [5, 5.41) is 11.8. The molecule has 0 aliphatic carbocycles. The Morgan fingerprint density at radius 3 is 1.86 bits per heavy atom. The molecule has 0 radical (unpaired) electrons. The van der Waals surface area contributed by atoms with Gasteiger partial charge in [-0.2, -0.15) is 0 Å². The minimum absolute atomic E-state index is 0.0529. The lowest BCUT2D eigenvalue weighted by atomic mass is 9.77. The monoisotopic (exact) mass is 1060 g/mol. The van der Waals surface area contributed by atoms with Gasteiger partial charge in [0.25, 0.3) is 11.8 Å². The number of amides is 2. The fourth-order valence-electron chi connectivity index (χ4n) is 7.98. The highest BCUT2D eigenvalue weighted by atomic mass is 32.2. The van der Waals surface area contributed by atoms with Gasteiger partial charge in [-0.1, -0.05) is 96.2 Å². The van der Waals surface area contributed by atoms with Crippen LogP contribution in [0.25, 0.3) is 15.7 Å². The predicted molar refractivity (Wildman–Crippen MR) is 282 cm³/mol. The van der Waals surface area contributed by atoms with Gasteiger partial charge in [-0.05, 0) is 76.5 Å². The molecule has 1 saturated heterocycles. The van der Waals surface area contributed by atoms with Crippen molar-refractivity contribution in [3.63, 3.8) is 0 Å². The molecule has 73 heavy (non-hydrogen) atoms. The predicted octanol–water partition coefficient (Wildman–Crippen LogP) is 9.41. The lowest BCUT2D eigenvalue weighted by molar-refractivity contribution is -0.149. The lowest BCUT2D eigenvalue weighted by Gasteiger charge is -2.49. The maximum absolute atomic E-state index is 14.2. The summed E-state index contributed by atoms with van der Waals surface area (Å²) in [6.45, 7) is 9.80. The van der Waals surface area contributed by atoms with Crippen molar-refractivity contribution in [1.29, 1.82) is 0 Å². The average molecular weight is 1060 g/mol. The first-order valence-electron chi connectivity index (χ1n) is 22.4. The number of oxime groups is 1. The van der Waals surface area contributed by atoms with Gasteiger partial charge in [-0.25, -0.2) is 19.4 Å². The molecule has 17 nitrogen and oxygen atoms in total. The first kappa shape index (κ1) is 51.9. The van der Waals surface area contributed by atoms with Crippen LogP contribution < -0.4 is 25.5 Å². The van der Waals surface area contributed by atoms with Crippen molar-refractivity contribution < 1.29 is 52.5 Å². The molecule has 2 amide bonds. The summed E-state index contributed by atoms with van der Waals surface area (Å²) in [6, 6.07) is 32.4. The highest BCUT2D eigenvalue weighted by Crippen LogP contribution is 2.46. The molecule has 2 N–H and O–H groups in total. The summed E-state index contributed by atoms with van der Waals surface area (Å²) in [4.78, 5) is 93.1. The summed E-state index contributed by atoms with van der Waals surface area (Å²) >= 11 is 8.34. The molecule has 6 aromatic rings. The number of thiocarbonyl (C=S) groups is 1. The van der Waals surface area contributed by atoms with Crippen molar-refractivity contribution >= 4 is 109 Å². The van der Waals surface area contributed by atoms with E-state index in [1.165, 1.54) is 53.3 Å². The minimum Gasteiger partial charge on any atom is -0.428 e. The van der Waals surface area contributed by atoms with Crippen molar-refractivity contribution in [3.8, 4) is 11.5 Å². The Hall–Kier alpha value is -7.46. The second-order valence-corrected chi connectivity index (χ2v) is 21.5. The molecule has 1 unspecified atom stereocenters. The number of hydrogen-bond donors (Lipinski definition) is 2. The number of β-lactam (4-membered cyclic amide) rings is 1. The molecule has 1 fully saturated rings. The number of rotatable bonds is 14. The number of aromatic nitrogens is 1. The second kappa shape index (κ2) is 21.3. The zero-order chi connectivity index (χ0) is 52.2. The van der Waals surface area contributed by atoms with Crippen LogP contribution in [-0.2, 0) is 39.0 Å². The highest BCUT2D eigenvalue weighted by Gasteiger charge is 2.55. The van der Waals surface area contributed by atoms with E-state index in [9.17, 15) is 28.8 Å². The SMILES string of the molecule is CON=C(C(=O)NC1C(=O)N2C(C(=O)OC=S)=C(c3cc(=O)c4cc(OC(=O)OC(C)(C)C)c(OC(=O)OC(C)(C)C)cc4s3)CS[C@@H]12)c1csc(NC(c2ccccc2)(c2ccccc2)c2ccccc2)n1. The van der Waals surface area contributed by atoms with Crippen molar-refractivity contribution in [2.24, 2.45) is 5.16 Å². The quantitative estimate of drug-likeness (QED) is 0.0152. The average Bonchev–Trinajstić information content (AvgIpc) is 3.81. The molecule has 4 heterocycles. The molecule has 0 saturated carbocycles. The van der Waals surface area contributed by atoms with Crippen molar-refractivity contribution in [2.75, 3.05) is 18.2 Å². The Morgan fingerprint density at radius 2 is 1.34 bits per heavy atom. The molecule has 376 valence electrons. The Balaban J connectivity index is 1.08. The van der Waals surface area contributed by atoms with Crippen LogP contribution in [0.4, 0.5) is 14.7 Å². The van der Waals surface area contributed by atoms with E-state index < -0.39 is 63.7 Å². The smallest absolute Gasteiger partial charge is 0.428 e. The highest BCUT2D eigenvalue weighted by molar-refractivity contribution is 8.00. The molecule has 2 aliphatic rings. The fourth-order valence-corrected chi connectivity index (χ4v) is 11.4. The van der Waals surface area contributed by atoms with E-state index in [1.54, 1.807) is 46.9 Å². The van der Waals surface area contributed by atoms with Crippen LogP contribution in [0.1, 0.15) is 68.8 Å². The van der Waals surface area contributed by atoms with Gasteiger partial charge in [0.05, 0.1) is 0 Å². The zero-order valence-electron chi connectivity index (χ0n) is 40.3. The van der Waals surface area contributed by atoms with Crippen molar-refractivity contribution in [1.82, 2.24) is 15.2 Å². The van der Waals surface area contributed by atoms with E-state index in [0.29, 0.717) is 5.13 Å².